The standard InChI is InChI=1S/C29H30F4N6O3S/c1-17-7-8-20-21(9-10-23(30)25(20)39-43(40,41)16-18(2)29(31,32)33)26(17)42-27-22(6-4-13-35-27)24-11-14-36-28(38-24)37-19-5-3-12-34-15-19/h4,6-11,13-14,18-19,34,39H,3,5,12,15-16H2,1-2H3,(H,36,37,38)/t18?,19-/m0/s1. The number of aromatic nitrogens is 3. The van der Waals surface area contributed by atoms with E-state index in [1.807, 2.05) is 4.72 Å². The molecule has 2 aromatic carbocycles. The van der Waals surface area contributed by atoms with Gasteiger partial charge in [-0.2, -0.15) is 13.2 Å². The smallest absolute Gasteiger partial charge is 0.392 e. The Bertz CT molecular complexity index is 1730. The van der Waals surface area contributed by atoms with Gasteiger partial charge in [-0.1, -0.05) is 19.1 Å². The van der Waals surface area contributed by atoms with Crippen LogP contribution in [0.5, 0.6) is 11.6 Å². The molecule has 0 aliphatic carbocycles. The third-order valence-electron chi connectivity index (χ3n) is 7.11. The maximum atomic E-state index is 14.9. The van der Waals surface area contributed by atoms with Gasteiger partial charge in [0.1, 0.15) is 11.6 Å². The number of fused-ring (bicyclic) bond motifs is 1. The summed E-state index contributed by atoms with van der Waals surface area (Å²) in [6, 6.07) is 10.9. The number of rotatable bonds is 9. The van der Waals surface area contributed by atoms with Gasteiger partial charge in [0, 0.05) is 35.8 Å². The van der Waals surface area contributed by atoms with Crippen LogP contribution in [0.2, 0.25) is 0 Å². The number of hydrogen-bond acceptors (Lipinski definition) is 8. The van der Waals surface area contributed by atoms with Crippen LogP contribution >= 0.6 is 0 Å². The minimum atomic E-state index is -4.72. The highest BCUT2D eigenvalue weighted by atomic mass is 32.2. The molecular weight excluding hydrogens is 588 g/mol. The van der Waals surface area contributed by atoms with E-state index in [0.717, 1.165) is 38.9 Å². The molecule has 1 aliphatic heterocycles. The van der Waals surface area contributed by atoms with Gasteiger partial charge in [-0.15, -0.1) is 0 Å². The van der Waals surface area contributed by atoms with Gasteiger partial charge in [0.25, 0.3) is 0 Å². The van der Waals surface area contributed by atoms with E-state index in [4.69, 9.17) is 4.74 Å². The van der Waals surface area contributed by atoms with Crippen LogP contribution in [0.15, 0.2) is 54.9 Å². The van der Waals surface area contributed by atoms with Crippen molar-refractivity contribution in [3.63, 3.8) is 0 Å². The molecule has 0 saturated carbocycles. The van der Waals surface area contributed by atoms with Crippen LogP contribution in [0, 0.1) is 18.7 Å². The fraction of sp³-hybridized carbons (Fsp3) is 0.345. The first kappa shape index (κ1) is 30.4. The molecule has 3 heterocycles. The number of benzene rings is 2. The molecule has 1 saturated heterocycles. The van der Waals surface area contributed by atoms with Crippen molar-refractivity contribution >= 4 is 32.4 Å². The zero-order chi connectivity index (χ0) is 30.8. The number of sulfonamides is 1. The number of hydrogen-bond donors (Lipinski definition) is 3. The van der Waals surface area contributed by atoms with E-state index in [9.17, 15) is 26.0 Å². The van der Waals surface area contributed by atoms with Gasteiger partial charge >= 0.3 is 6.18 Å². The van der Waals surface area contributed by atoms with Crippen molar-refractivity contribution in [3.8, 4) is 22.9 Å². The van der Waals surface area contributed by atoms with E-state index >= 15 is 0 Å². The molecule has 0 bridgehead atoms. The molecule has 43 heavy (non-hydrogen) atoms. The zero-order valence-corrected chi connectivity index (χ0v) is 24.2. The fourth-order valence-corrected chi connectivity index (χ4v) is 6.27. The molecule has 14 heteroatoms. The summed E-state index contributed by atoms with van der Waals surface area (Å²) in [5.74, 6) is -3.45. The minimum absolute atomic E-state index is 0.107. The summed E-state index contributed by atoms with van der Waals surface area (Å²) in [6.07, 6.45) is 0.471. The molecule has 1 fully saturated rings. The van der Waals surface area contributed by atoms with Crippen molar-refractivity contribution in [2.24, 2.45) is 5.92 Å². The Kier molecular flexibility index (Phi) is 8.69. The average molecular weight is 619 g/mol. The molecule has 3 N–H and O–H groups in total. The van der Waals surface area contributed by atoms with Crippen molar-refractivity contribution in [2.75, 3.05) is 28.9 Å². The van der Waals surface area contributed by atoms with Gasteiger partial charge in [-0.3, -0.25) is 4.72 Å². The summed E-state index contributed by atoms with van der Waals surface area (Å²) < 4.78 is 87.6. The Morgan fingerprint density at radius 3 is 2.63 bits per heavy atom. The lowest BCUT2D eigenvalue weighted by molar-refractivity contribution is -0.163. The first-order chi connectivity index (χ1) is 20.4. The third kappa shape index (κ3) is 7.13. The topological polar surface area (TPSA) is 118 Å². The minimum Gasteiger partial charge on any atom is -0.437 e. The van der Waals surface area contributed by atoms with Crippen LogP contribution in [0.3, 0.4) is 0 Å². The first-order valence-electron chi connectivity index (χ1n) is 13.6. The van der Waals surface area contributed by atoms with E-state index in [2.05, 4.69) is 25.6 Å². The molecule has 0 radical (unpaired) electrons. The SMILES string of the molecule is Cc1ccc2c(NS(=O)(=O)CC(C)C(F)(F)F)c(F)ccc2c1Oc1ncccc1-c1ccnc(N[C@H]2CCCNC2)n1. The number of anilines is 2. The highest BCUT2D eigenvalue weighted by molar-refractivity contribution is 7.92. The highest BCUT2D eigenvalue weighted by Gasteiger charge is 2.39. The second-order valence-electron chi connectivity index (χ2n) is 10.5. The molecule has 1 aliphatic rings. The normalized spacial score (nSPS) is 16.6. The van der Waals surface area contributed by atoms with Gasteiger partial charge in [0.15, 0.2) is 0 Å². The number of halogens is 4. The van der Waals surface area contributed by atoms with Gasteiger partial charge in [0.05, 0.1) is 28.6 Å². The van der Waals surface area contributed by atoms with Crippen molar-refractivity contribution in [2.45, 2.75) is 38.9 Å². The van der Waals surface area contributed by atoms with Crippen molar-refractivity contribution in [1.82, 2.24) is 20.3 Å². The molecule has 2 atom stereocenters. The largest absolute Gasteiger partial charge is 0.437 e. The Labute approximate surface area is 246 Å². The lowest BCUT2D eigenvalue weighted by atomic mass is 10.0. The van der Waals surface area contributed by atoms with Crippen LogP contribution in [-0.2, 0) is 10.0 Å². The fourth-order valence-electron chi connectivity index (χ4n) is 4.82. The van der Waals surface area contributed by atoms with E-state index in [-0.39, 0.29) is 23.1 Å². The number of ether oxygens (including phenoxy) is 1. The summed E-state index contributed by atoms with van der Waals surface area (Å²) in [6.45, 7) is 4.28. The average Bonchev–Trinajstić information content (AvgIpc) is 2.96. The molecule has 1 unspecified atom stereocenters. The molecule has 9 nitrogen and oxygen atoms in total. The number of nitrogens with one attached hydrogen (secondary N) is 3. The van der Waals surface area contributed by atoms with Gasteiger partial charge in [0.2, 0.25) is 21.9 Å². The quantitative estimate of drug-likeness (QED) is 0.195. The second-order valence-corrected chi connectivity index (χ2v) is 12.2. The van der Waals surface area contributed by atoms with Crippen LogP contribution in [0.25, 0.3) is 22.0 Å². The highest BCUT2D eigenvalue weighted by Crippen LogP contribution is 2.40. The predicted octanol–water partition coefficient (Wildman–Crippen LogP) is 6.04. The molecule has 4 aromatic rings. The summed E-state index contributed by atoms with van der Waals surface area (Å²) in [4.78, 5) is 13.4. The zero-order valence-electron chi connectivity index (χ0n) is 23.4. The van der Waals surface area contributed by atoms with Gasteiger partial charge in [-0.25, -0.2) is 27.8 Å². The number of pyridine rings is 1. The van der Waals surface area contributed by atoms with Crippen molar-refractivity contribution in [3.05, 3.63) is 66.2 Å². The maximum absolute atomic E-state index is 14.9. The van der Waals surface area contributed by atoms with E-state index in [1.165, 1.54) is 18.3 Å². The lowest BCUT2D eigenvalue weighted by Gasteiger charge is -2.23. The first-order valence-corrected chi connectivity index (χ1v) is 15.3. The molecule has 0 amide bonds. The van der Waals surface area contributed by atoms with Crippen LogP contribution < -0.4 is 20.1 Å². The molecule has 228 valence electrons. The Balaban J connectivity index is 1.48. The van der Waals surface area contributed by atoms with Crippen molar-refractivity contribution < 1.29 is 30.7 Å². The van der Waals surface area contributed by atoms with Crippen LogP contribution in [-0.4, -0.2) is 54.4 Å². The van der Waals surface area contributed by atoms with Crippen LogP contribution in [0.1, 0.15) is 25.3 Å². The summed E-state index contributed by atoms with van der Waals surface area (Å²) in [5.41, 5.74) is 1.25. The molecule has 2 aromatic heterocycles. The monoisotopic (exact) mass is 618 g/mol. The summed E-state index contributed by atoms with van der Waals surface area (Å²) in [5, 5.41) is 7.12. The Hall–Kier alpha value is -4.04. The van der Waals surface area contributed by atoms with Crippen molar-refractivity contribution in [1.29, 1.82) is 0 Å². The molecule has 0 spiro atoms. The molecular formula is C29H30F4N6O3S. The van der Waals surface area contributed by atoms with Gasteiger partial charge < -0.3 is 15.4 Å². The second kappa shape index (κ2) is 12.3. The molecule has 5 rings (SSSR count). The number of aryl methyl sites for hydroxylation is 1. The van der Waals surface area contributed by atoms with Gasteiger partial charge in [-0.05, 0) is 62.2 Å². The number of piperidine rings is 1. The Morgan fingerprint density at radius 2 is 1.88 bits per heavy atom. The number of alkyl halides is 3. The maximum Gasteiger partial charge on any atom is 0.392 e. The lowest BCUT2D eigenvalue weighted by Crippen LogP contribution is -2.38. The third-order valence-corrected chi connectivity index (χ3v) is 8.57. The van der Waals surface area contributed by atoms with E-state index in [0.29, 0.717) is 28.2 Å². The van der Waals surface area contributed by atoms with E-state index < -0.39 is 39.4 Å². The predicted molar refractivity (Wildman–Crippen MR) is 156 cm³/mol. The number of nitrogens with zero attached hydrogens (tertiary/aromatic N) is 3. The summed E-state index contributed by atoms with van der Waals surface area (Å²) in [7, 11) is -4.56. The van der Waals surface area contributed by atoms with E-state index in [1.54, 1.807) is 37.4 Å². The summed E-state index contributed by atoms with van der Waals surface area (Å²) >= 11 is 0. The van der Waals surface area contributed by atoms with Crippen LogP contribution in [0.4, 0.5) is 29.2 Å². The Morgan fingerprint density at radius 1 is 1.09 bits per heavy atom.